The molecule has 3 aliphatic rings. The van der Waals surface area contributed by atoms with Gasteiger partial charge in [0.05, 0.1) is 13.1 Å². The normalized spacial score (nSPS) is 23.1. The smallest absolute Gasteiger partial charge is 0.333 e. The number of anilines is 2. The van der Waals surface area contributed by atoms with Gasteiger partial charge in [-0.3, -0.25) is 4.79 Å². The molecule has 3 aromatic rings. The van der Waals surface area contributed by atoms with Gasteiger partial charge in [0.1, 0.15) is 12.4 Å². The second-order valence-electron chi connectivity index (χ2n) is 9.56. The molecule has 6 rings (SSSR count). The molecule has 2 aromatic carbocycles. The zero-order chi connectivity index (χ0) is 24.1. The third-order valence-corrected chi connectivity index (χ3v) is 7.17. The van der Waals surface area contributed by atoms with E-state index in [4.69, 9.17) is 4.74 Å². The van der Waals surface area contributed by atoms with Crippen LogP contribution in [0.5, 0.6) is 0 Å². The van der Waals surface area contributed by atoms with Crippen LogP contribution in [-0.4, -0.2) is 53.6 Å². The topological polar surface area (TPSA) is 80.3 Å². The lowest BCUT2D eigenvalue weighted by molar-refractivity contribution is -0.938. The second kappa shape index (κ2) is 11.5. The number of benzene rings is 2. The number of quaternary nitrogens is 1. The first-order valence-electron chi connectivity index (χ1n) is 12.2. The molecule has 0 unspecified atom stereocenters. The Morgan fingerprint density at radius 1 is 0.944 bits per heavy atom. The van der Waals surface area contributed by atoms with Gasteiger partial charge in [-0.25, -0.2) is 9.78 Å². The van der Waals surface area contributed by atoms with Crippen molar-refractivity contribution >= 4 is 23.4 Å². The predicted molar refractivity (Wildman–Crippen MR) is 134 cm³/mol. The molecule has 0 saturated carbocycles. The molecular weight excluding hydrogens is 476 g/mol. The third kappa shape index (κ3) is 6.04. The summed E-state index contributed by atoms with van der Waals surface area (Å²) in [4.78, 5) is 30.5. The van der Waals surface area contributed by atoms with E-state index in [0.717, 1.165) is 37.2 Å². The lowest BCUT2D eigenvalue weighted by Gasteiger charge is -2.51. The number of ether oxygens (including phenoxy) is 1. The van der Waals surface area contributed by atoms with Crippen molar-refractivity contribution in [2.45, 2.75) is 25.0 Å². The van der Waals surface area contributed by atoms with E-state index >= 15 is 0 Å². The summed E-state index contributed by atoms with van der Waals surface area (Å²) in [7, 11) is 0. The number of piperidine rings is 3. The van der Waals surface area contributed by atoms with Crippen LogP contribution in [0.1, 0.15) is 24.4 Å². The highest BCUT2D eigenvalue weighted by Gasteiger charge is 2.49. The number of halogens is 1. The second-order valence-corrected chi connectivity index (χ2v) is 9.56. The van der Waals surface area contributed by atoms with Crippen molar-refractivity contribution < 1.29 is 31.2 Å². The number of nitrogens with one attached hydrogen (secondary N) is 2. The highest BCUT2D eigenvalue weighted by Crippen LogP contribution is 2.36. The molecular formula is C28H31ClN4O3. The first-order valence-corrected chi connectivity index (χ1v) is 12.2. The minimum absolute atomic E-state index is 0. The van der Waals surface area contributed by atoms with Gasteiger partial charge < -0.3 is 32.3 Å². The molecule has 0 spiro atoms. The van der Waals surface area contributed by atoms with Gasteiger partial charge in [0.2, 0.25) is 0 Å². The van der Waals surface area contributed by atoms with Crippen molar-refractivity contribution in [2.24, 2.45) is 5.92 Å². The van der Waals surface area contributed by atoms with Gasteiger partial charge in [-0.15, -0.1) is 0 Å². The number of pyridine rings is 1. The monoisotopic (exact) mass is 506 g/mol. The molecule has 188 valence electrons. The summed E-state index contributed by atoms with van der Waals surface area (Å²) in [6.07, 6.45) is 3.38. The van der Waals surface area contributed by atoms with Gasteiger partial charge in [0, 0.05) is 30.6 Å². The standard InChI is InChI=1S/C28H30N4O3.ClH/c33-26(31-25-13-7-8-16-29-25)20-32-17-14-21(15-18-32)24(19-32)35-28(34)27(22-9-3-1-4-10-22)30-23-11-5-2-6-12-23;/h1-13,16,21,24,27,30H,14-15,17-20H2;1H/t21?,24-,27+,32?;/m0./s1. The quantitative estimate of drug-likeness (QED) is 0.352. The van der Waals surface area contributed by atoms with Gasteiger partial charge >= 0.3 is 5.97 Å². The number of esters is 1. The molecule has 3 fully saturated rings. The summed E-state index contributed by atoms with van der Waals surface area (Å²) in [5.74, 6) is 0.561. The molecule has 0 radical (unpaired) electrons. The van der Waals surface area contributed by atoms with Crippen LogP contribution in [0.2, 0.25) is 0 Å². The van der Waals surface area contributed by atoms with Crippen molar-refractivity contribution in [1.82, 2.24) is 4.98 Å². The Labute approximate surface area is 217 Å². The number of hydrogen-bond acceptors (Lipinski definition) is 5. The Hall–Kier alpha value is -3.42. The summed E-state index contributed by atoms with van der Waals surface area (Å²) >= 11 is 0. The zero-order valence-electron chi connectivity index (χ0n) is 20.1. The minimum Gasteiger partial charge on any atom is -1.00 e. The van der Waals surface area contributed by atoms with Gasteiger partial charge in [-0.1, -0.05) is 54.6 Å². The predicted octanol–water partition coefficient (Wildman–Crippen LogP) is 1.03. The third-order valence-electron chi connectivity index (χ3n) is 7.17. The van der Waals surface area contributed by atoms with Gasteiger partial charge in [-0.2, -0.15) is 0 Å². The van der Waals surface area contributed by atoms with Crippen LogP contribution in [0.4, 0.5) is 11.5 Å². The van der Waals surface area contributed by atoms with E-state index in [1.807, 2.05) is 72.8 Å². The number of fused-ring (bicyclic) bond motifs is 3. The number of para-hydroxylation sites is 1. The van der Waals surface area contributed by atoms with Gasteiger partial charge in [0.15, 0.2) is 18.7 Å². The van der Waals surface area contributed by atoms with E-state index in [9.17, 15) is 9.59 Å². The highest BCUT2D eigenvalue weighted by molar-refractivity contribution is 5.90. The lowest BCUT2D eigenvalue weighted by Crippen LogP contribution is -3.00. The summed E-state index contributed by atoms with van der Waals surface area (Å²) in [5, 5.41) is 6.25. The largest absolute Gasteiger partial charge is 1.00 e. The van der Waals surface area contributed by atoms with Gasteiger partial charge in [-0.05, 0) is 29.8 Å². The van der Waals surface area contributed by atoms with Crippen LogP contribution < -0.4 is 23.0 Å². The van der Waals surface area contributed by atoms with Crippen molar-refractivity contribution in [1.29, 1.82) is 0 Å². The Balaban J connectivity index is 0.00000304. The molecule has 2 bridgehead atoms. The van der Waals surface area contributed by atoms with E-state index in [1.165, 1.54) is 0 Å². The highest BCUT2D eigenvalue weighted by atomic mass is 35.5. The molecule has 1 amide bonds. The minimum atomic E-state index is -0.602. The van der Waals surface area contributed by atoms with Crippen LogP contribution in [0, 0.1) is 5.92 Å². The summed E-state index contributed by atoms with van der Waals surface area (Å²) in [6.45, 7) is 2.89. The molecule has 7 nitrogen and oxygen atoms in total. The maximum absolute atomic E-state index is 13.5. The van der Waals surface area contributed by atoms with Crippen molar-refractivity contribution in [3.8, 4) is 0 Å². The van der Waals surface area contributed by atoms with E-state index in [0.29, 0.717) is 29.3 Å². The first kappa shape index (κ1) is 25.7. The average Bonchev–Trinajstić information content (AvgIpc) is 2.89. The average molecular weight is 507 g/mol. The number of hydrogen-bond donors (Lipinski definition) is 2. The zero-order valence-corrected chi connectivity index (χ0v) is 20.8. The Kier molecular flexibility index (Phi) is 8.23. The van der Waals surface area contributed by atoms with E-state index in [-0.39, 0.29) is 30.4 Å². The number of amides is 1. The molecule has 8 heteroatoms. The Bertz CT molecular complexity index is 1140. The van der Waals surface area contributed by atoms with E-state index in [2.05, 4.69) is 15.6 Å². The fourth-order valence-electron chi connectivity index (χ4n) is 5.34. The molecule has 3 aliphatic heterocycles. The fourth-order valence-corrected chi connectivity index (χ4v) is 5.34. The number of rotatable bonds is 8. The maximum atomic E-state index is 13.5. The van der Waals surface area contributed by atoms with Crippen molar-refractivity contribution in [3.05, 3.63) is 90.6 Å². The van der Waals surface area contributed by atoms with Crippen LogP contribution in [0.15, 0.2) is 85.1 Å². The van der Waals surface area contributed by atoms with Crippen LogP contribution in [-0.2, 0) is 14.3 Å². The SMILES string of the molecule is O=C(C[N+]12CCC(CC1)[C@@H](OC(=O)[C@H](Nc1ccccc1)c1ccccc1)C2)Nc1ccccn1.[Cl-]. The van der Waals surface area contributed by atoms with Crippen molar-refractivity contribution in [3.63, 3.8) is 0 Å². The molecule has 3 saturated heterocycles. The Morgan fingerprint density at radius 3 is 2.28 bits per heavy atom. The first-order chi connectivity index (χ1) is 17.1. The van der Waals surface area contributed by atoms with Crippen molar-refractivity contribution in [2.75, 3.05) is 36.8 Å². The molecule has 4 heterocycles. The molecule has 1 aromatic heterocycles. The number of aromatic nitrogens is 1. The van der Waals surface area contributed by atoms with Crippen LogP contribution in [0.3, 0.4) is 0 Å². The molecule has 0 aliphatic carbocycles. The van der Waals surface area contributed by atoms with E-state index < -0.39 is 6.04 Å². The Morgan fingerprint density at radius 2 is 1.61 bits per heavy atom. The summed E-state index contributed by atoms with van der Waals surface area (Å²) < 4.78 is 6.83. The van der Waals surface area contributed by atoms with E-state index in [1.54, 1.807) is 12.3 Å². The summed E-state index contributed by atoms with van der Waals surface area (Å²) in [5.41, 5.74) is 1.73. The fraction of sp³-hybridized carbons (Fsp3) is 0.321. The number of carbonyl (C=O) groups excluding carboxylic acids is 2. The van der Waals surface area contributed by atoms with Crippen LogP contribution >= 0.6 is 0 Å². The van der Waals surface area contributed by atoms with Crippen LogP contribution in [0.25, 0.3) is 0 Å². The molecule has 2 N–H and O–H groups in total. The number of carbonyl (C=O) groups is 2. The van der Waals surface area contributed by atoms with Gasteiger partial charge in [0.25, 0.3) is 5.91 Å². The lowest BCUT2D eigenvalue weighted by atomic mass is 9.83. The maximum Gasteiger partial charge on any atom is 0.333 e. The number of nitrogens with zero attached hydrogens (tertiary/aromatic N) is 2. The molecule has 2 atom stereocenters. The summed E-state index contributed by atoms with van der Waals surface area (Å²) in [6, 6.07) is 24.2. The molecule has 36 heavy (non-hydrogen) atoms.